The summed E-state index contributed by atoms with van der Waals surface area (Å²) >= 11 is 4.95. The number of para-hydroxylation sites is 1. The van der Waals surface area contributed by atoms with Crippen molar-refractivity contribution in [2.75, 3.05) is 11.9 Å². The fraction of sp³-hybridized carbons (Fsp3) is 0.333. The predicted molar refractivity (Wildman–Crippen MR) is 72.0 cm³/mol. The van der Waals surface area contributed by atoms with E-state index in [1.165, 1.54) is 0 Å². The zero-order valence-electron chi connectivity index (χ0n) is 9.40. The van der Waals surface area contributed by atoms with E-state index in [-0.39, 0.29) is 12.5 Å². The number of thiocarbonyl (C=S) groups is 1. The topological polar surface area (TPSA) is 67.1 Å². The van der Waals surface area contributed by atoms with Crippen LogP contribution in [0.15, 0.2) is 24.3 Å². The lowest BCUT2D eigenvalue weighted by Crippen LogP contribution is -2.31. The largest absolute Gasteiger partial charge is 0.389 e. The first kappa shape index (κ1) is 11.9. The van der Waals surface area contributed by atoms with Gasteiger partial charge in [0.25, 0.3) is 0 Å². The first-order valence-corrected chi connectivity index (χ1v) is 5.99. The van der Waals surface area contributed by atoms with Gasteiger partial charge in [-0.1, -0.05) is 24.4 Å². The van der Waals surface area contributed by atoms with Crippen molar-refractivity contribution in [3.63, 3.8) is 0 Å². The van der Waals surface area contributed by atoms with Crippen LogP contribution in [0.2, 0.25) is 0 Å². The molecule has 1 aliphatic carbocycles. The fourth-order valence-corrected chi connectivity index (χ4v) is 1.71. The molecule has 17 heavy (non-hydrogen) atoms. The molecule has 1 aromatic carbocycles. The van der Waals surface area contributed by atoms with Crippen LogP contribution >= 0.6 is 12.2 Å². The molecule has 0 unspecified atom stereocenters. The average molecular weight is 249 g/mol. The van der Waals surface area contributed by atoms with E-state index in [4.69, 9.17) is 18.0 Å². The molecule has 0 aromatic heterocycles. The van der Waals surface area contributed by atoms with E-state index in [1.54, 1.807) is 0 Å². The van der Waals surface area contributed by atoms with Gasteiger partial charge in [0, 0.05) is 17.3 Å². The van der Waals surface area contributed by atoms with Crippen molar-refractivity contribution < 1.29 is 4.79 Å². The first-order valence-electron chi connectivity index (χ1n) is 5.59. The lowest BCUT2D eigenvalue weighted by Gasteiger charge is -2.10. The molecule has 2 rings (SSSR count). The molecular formula is C12H15N3OS. The lowest BCUT2D eigenvalue weighted by molar-refractivity contribution is -0.119. The number of nitrogens with one attached hydrogen (secondary N) is 2. The second kappa shape index (κ2) is 5.14. The van der Waals surface area contributed by atoms with Crippen molar-refractivity contribution in [2.45, 2.75) is 18.9 Å². The molecule has 5 heteroatoms. The number of rotatable bonds is 5. The van der Waals surface area contributed by atoms with Crippen LogP contribution in [0, 0.1) is 0 Å². The molecule has 1 aromatic rings. The second-order valence-electron chi connectivity index (χ2n) is 4.11. The summed E-state index contributed by atoms with van der Waals surface area (Å²) in [5.41, 5.74) is 7.17. The standard InChI is InChI=1S/C12H15N3OS/c13-12(17)9-3-1-2-4-10(9)14-7-11(16)15-8-5-6-8/h1-4,8,14H,5-7H2,(H2,13,17)(H,15,16). The van der Waals surface area contributed by atoms with Crippen molar-refractivity contribution in [1.29, 1.82) is 0 Å². The number of anilines is 1. The molecule has 1 amide bonds. The Morgan fingerprint density at radius 1 is 1.41 bits per heavy atom. The summed E-state index contributed by atoms with van der Waals surface area (Å²) in [5, 5.41) is 5.96. The summed E-state index contributed by atoms with van der Waals surface area (Å²) in [7, 11) is 0. The number of carbonyl (C=O) groups excluding carboxylic acids is 1. The minimum atomic E-state index is 0.00485. The maximum absolute atomic E-state index is 11.5. The Bertz CT molecular complexity index is 443. The van der Waals surface area contributed by atoms with Gasteiger partial charge in [0.1, 0.15) is 4.99 Å². The van der Waals surface area contributed by atoms with Crippen LogP contribution in [0.25, 0.3) is 0 Å². The summed E-state index contributed by atoms with van der Waals surface area (Å²) < 4.78 is 0. The van der Waals surface area contributed by atoms with E-state index in [0.29, 0.717) is 11.0 Å². The van der Waals surface area contributed by atoms with Crippen LogP contribution in [-0.4, -0.2) is 23.5 Å². The monoisotopic (exact) mass is 249 g/mol. The summed E-state index contributed by atoms with van der Waals surface area (Å²) in [6.07, 6.45) is 2.18. The maximum Gasteiger partial charge on any atom is 0.239 e. The molecule has 0 radical (unpaired) electrons. The van der Waals surface area contributed by atoms with Gasteiger partial charge in [0.05, 0.1) is 6.54 Å². The molecule has 0 heterocycles. The summed E-state index contributed by atoms with van der Waals surface area (Å²) in [4.78, 5) is 11.8. The van der Waals surface area contributed by atoms with Crippen LogP contribution in [0.1, 0.15) is 18.4 Å². The Labute approximate surface area is 106 Å². The van der Waals surface area contributed by atoms with E-state index in [1.807, 2.05) is 24.3 Å². The van der Waals surface area contributed by atoms with Gasteiger partial charge in [-0.05, 0) is 25.0 Å². The molecule has 1 aliphatic rings. The van der Waals surface area contributed by atoms with Crippen molar-refractivity contribution in [1.82, 2.24) is 5.32 Å². The molecule has 0 atom stereocenters. The SMILES string of the molecule is NC(=S)c1ccccc1NCC(=O)NC1CC1. The second-order valence-corrected chi connectivity index (χ2v) is 4.55. The molecule has 0 spiro atoms. The summed E-state index contributed by atoms with van der Waals surface area (Å²) in [6.45, 7) is 0.246. The third-order valence-electron chi connectivity index (χ3n) is 2.57. The molecule has 0 aliphatic heterocycles. The normalized spacial score (nSPS) is 14.1. The smallest absolute Gasteiger partial charge is 0.239 e. The van der Waals surface area contributed by atoms with Gasteiger partial charge in [-0.15, -0.1) is 0 Å². The number of nitrogens with two attached hydrogens (primary N) is 1. The Morgan fingerprint density at radius 2 is 2.12 bits per heavy atom. The van der Waals surface area contributed by atoms with E-state index >= 15 is 0 Å². The van der Waals surface area contributed by atoms with Gasteiger partial charge in [-0.3, -0.25) is 4.79 Å². The van der Waals surface area contributed by atoms with Crippen molar-refractivity contribution in [3.8, 4) is 0 Å². The van der Waals surface area contributed by atoms with Crippen LogP contribution in [0.3, 0.4) is 0 Å². The van der Waals surface area contributed by atoms with Gasteiger partial charge in [-0.25, -0.2) is 0 Å². The van der Waals surface area contributed by atoms with E-state index in [0.717, 1.165) is 24.1 Å². The summed E-state index contributed by atoms with van der Waals surface area (Å²) in [6, 6.07) is 7.82. The van der Waals surface area contributed by atoms with Gasteiger partial charge < -0.3 is 16.4 Å². The molecule has 0 bridgehead atoms. The molecule has 1 fully saturated rings. The highest BCUT2D eigenvalue weighted by Crippen LogP contribution is 2.18. The van der Waals surface area contributed by atoms with E-state index < -0.39 is 0 Å². The molecule has 4 nitrogen and oxygen atoms in total. The van der Waals surface area contributed by atoms with Crippen molar-refractivity contribution >= 4 is 28.8 Å². The van der Waals surface area contributed by atoms with Gasteiger partial charge >= 0.3 is 0 Å². The highest BCUT2D eigenvalue weighted by Gasteiger charge is 2.22. The quantitative estimate of drug-likeness (QED) is 0.681. The van der Waals surface area contributed by atoms with Gasteiger partial charge in [0.2, 0.25) is 5.91 Å². The highest BCUT2D eigenvalue weighted by atomic mass is 32.1. The predicted octanol–water partition coefficient (Wildman–Crippen LogP) is 1.01. The van der Waals surface area contributed by atoms with E-state index in [9.17, 15) is 4.79 Å². The summed E-state index contributed by atoms with van der Waals surface area (Å²) in [5.74, 6) is 0.00485. The van der Waals surface area contributed by atoms with Crippen LogP contribution in [0.5, 0.6) is 0 Å². The lowest BCUT2D eigenvalue weighted by atomic mass is 10.2. The third kappa shape index (κ3) is 3.42. The Kier molecular flexibility index (Phi) is 3.58. The molecule has 4 N–H and O–H groups in total. The molecule has 0 saturated heterocycles. The Morgan fingerprint density at radius 3 is 2.76 bits per heavy atom. The minimum Gasteiger partial charge on any atom is -0.389 e. The molecule has 90 valence electrons. The van der Waals surface area contributed by atoms with Crippen LogP contribution in [0.4, 0.5) is 5.69 Å². The van der Waals surface area contributed by atoms with Gasteiger partial charge in [0.15, 0.2) is 0 Å². The van der Waals surface area contributed by atoms with Gasteiger partial charge in [-0.2, -0.15) is 0 Å². The Balaban J connectivity index is 1.93. The van der Waals surface area contributed by atoms with Crippen molar-refractivity contribution in [2.24, 2.45) is 5.73 Å². The fourth-order valence-electron chi connectivity index (χ4n) is 1.53. The van der Waals surface area contributed by atoms with Crippen molar-refractivity contribution in [3.05, 3.63) is 29.8 Å². The maximum atomic E-state index is 11.5. The van der Waals surface area contributed by atoms with E-state index in [2.05, 4.69) is 10.6 Å². The zero-order chi connectivity index (χ0) is 12.3. The minimum absolute atomic E-state index is 0.00485. The number of benzene rings is 1. The Hall–Kier alpha value is -1.62. The molecular weight excluding hydrogens is 234 g/mol. The first-order chi connectivity index (χ1) is 8.16. The molecule has 1 saturated carbocycles. The zero-order valence-corrected chi connectivity index (χ0v) is 10.2. The van der Waals surface area contributed by atoms with Crippen LogP contribution in [-0.2, 0) is 4.79 Å². The number of hydrogen-bond acceptors (Lipinski definition) is 3. The number of carbonyl (C=O) groups is 1. The number of amides is 1. The highest BCUT2D eigenvalue weighted by molar-refractivity contribution is 7.80. The third-order valence-corrected chi connectivity index (χ3v) is 2.79. The van der Waals surface area contributed by atoms with Crippen LogP contribution < -0.4 is 16.4 Å². The average Bonchev–Trinajstić information content (AvgIpc) is 3.10. The number of hydrogen-bond donors (Lipinski definition) is 3.